The molecule has 1 fully saturated rings. The standard InChI is InChI=1S/C19H26N4O2/c1-3-12-23(13-17-21-22-19(25-17)15-8-7-9-15)14(2)18(24)20-16-10-5-4-6-11-16/h4-6,10-11,14-15H,3,7-9,12-13H2,1-2H3,(H,20,24)/t14-/m1/s1. The van der Waals surface area contributed by atoms with Crippen LogP contribution in [0.1, 0.15) is 57.2 Å². The number of benzene rings is 1. The molecule has 1 amide bonds. The SMILES string of the molecule is CCCN(Cc1nnc(C2CCC2)o1)[C@H](C)C(=O)Nc1ccccc1. The van der Waals surface area contributed by atoms with Gasteiger partial charge >= 0.3 is 0 Å². The lowest BCUT2D eigenvalue weighted by atomic mass is 9.85. The van der Waals surface area contributed by atoms with Gasteiger partial charge in [0.2, 0.25) is 17.7 Å². The third kappa shape index (κ3) is 4.45. The Morgan fingerprint density at radius 3 is 2.72 bits per heavy atom. The molecule has 1 aromatic carbocycles. The average molecular weight is 342 g/mol. The molecule has 1 saturated carbocycles. The first kappa shape index (κ1) is 17.6. The number of anilines is 1. The molecule has 1 aromatic heterocycles. The van der Waals surface area contributed by atoms with Crippen LogP contribution in [0.15, 0.2) is 34.7 Å². The van der Waals surface area contributed by atoms with Crippen molar-refractivity contribution in [2.24, 2.45) is 0 Å². The molecule has 1 aliphatic carbocycles. The lowest BCUT2D eigenvalue weighted by molar-refractivity contribution is -0.121. The number of nitrogens with zero attached hydrogens (tertiary/aromatic N) is 3. The van der Waals surface area contributed by atoms with E-state index >= 15 is 0 Å². The predicted molar refractivity (Wildman–Crippen MR) is 96.1 cm³/mol. The van der Waals surface area contributed by atoms with Crippen LogP contribution in [0.4, 0.5) is 5.69 Å². The van der Waals surface area contributed by atoms with Crippen molar-refractivity contribution >= 4 is 11.6 Å². The first-order valence-electron chi connectivity index (χ1n) is 9.09. The number of nitrogens with one attached hydrogen (secondary N) is 1. The van der Waals surface area contributed by atoms with Gasteiger partial charge in [0.15, 0.2) is 0 Å². The average Bonchev–Trinajstić information content (AvgIpc) is 3.01. The zero-order valence-electron chi connectivity index (χ0n) is 14.9. The molecule has 134 valence electrons. The van der Waals surface area contributed by atoms with E-state index in [1.807, 2.05) is 37.3 Å². The summed E-state index contributed by atoms with van der Waals surface area (Å²) in [4.78, 5) is 14.6. The molecule has 0 bridgehead atoms. The van der Waals surface area contributed by atoms with Gasteiger partial charge in [0.1, 0.15) is 0 Å². The molecule has 0 saturated heterocycles. The summed E-state index contributed by atoms with van der Waals surface area (Å²) in [5, 5.41) is 11.3. The summed E-state index contributed by atoms with van der Waals surface area (Å²) in [7, 11) is 0. The predicted octanol–water partition coefficient (Wildman–Crippen LogP) is 3.58. The van der Waals surface area contributed by atoms with Crippen molar-refractivity contribution in [2.45, 2.75) is 58.0 Å². The number of hydrogen-bond donors (Lipinski definition) is 1. The van der Waals surface area contributed by atoms with Crippen molar-refractivity contribution in [1.82, 2.24) is 15.1 Å². The maximum absolute atomic E-state index is 12.6. The monoisotopic (exact) mass is 342 g/mol. The molecular formula is C19H26N4O2. The number of rotatable bonds is 8. The van der Waals surface area contributed by atoms with Crippen molar-refractivity contribution in [1.29, 1.82) is 0 Å². The number of amides is 1. The van der Waals surface area contributed by atoms with Crippen LogP contribution in [0, 0.1) is 0 Å². The number of aromatic nitrogens is 2. The fraction of sp³-hybridized carbons (Fsp3) is 0.526. The van der Waals surface area contributed by atoms with Crippen LogP contribution in [-0.2, 0) is 11.3 Å². The van der Waals surface area contributed by atoms with Crippen LogP contribution in [0.3, 0.4) is 0 Å². The largest absolute Gasteiger partial charge is 0.424 e. The molecule has 0 radical (unpaired) electrons. The molecule has 0 spiro atoms. The van der Waals surface area contributed by atoms with E-state index in [1.165, 1.54) is 6.42 Å². The third-order valence-electron chi connectivity index (χ3n) is 4.75. The van der Waals surface area contributed by atoms with Crippen LogP contribution in [0.25, 0.3) is 0 Å². The van der Waals surface area contributed by atoms with Gasteiger partial charge < -0.3 is 9.73 Å². The number of carbonyl (C=O) groups is 1. The van der Waals surface area contributed by atoms with E-state index in [0.29, 0.717) is 18.4 Å². The summed E-state index contributed by atoms with van der Waals surface area (Å²) in [6.07, 6.45) is 4.46. The second-order valence-corrected chi connectivity index (χ2v) is 6.66. The first-order chi connectivity index (χ1) is 12.2. The topological polar surface area (TPSA) is 71.3 Å². The Hall–Kier alpha value is -2.21. The summed E-state index contributed by atoms with van der Waals surface area (Å²) < 4.78 is 5.82. The van der Waals surface area contributed by atoms with E-state index in [4.69, 9.17) is 4.42 Å². The molecule has 6 heteroatoms. The lowest BCUT2D eigenvalue weighted by Gasteiger charge is -2.26. The van der Waals surface area contributed by atoms with Gasteiger partial charge in [0.25, 0.3) is 0 Å². The molecule has 3 rings (SSSR count). The summed E-state index contributed by atoms with van der Waals surface area (Å²) in [5.74, 6) is 1.74. The quantitative estimate of drug-likeness (QED) is 0.794. The summed E-state index contributed by atoms with van der Waals surface area (Å²) >= 11 is 0. The second kappa shape index (κ2) is 8.25. The second-order valence-electron chi connectivity index (χ2n) is 6.66. The van der Waals surface area contributed by atoms with E-state index in [0.717, 1.165) is 37.4 Å². The Balaban J connectivity index is 1.62. The van der Waals surface area contributed by atoms with Crippen LogP contribution < -0.4 is 5.32 Å². The van der Waals surface area contributed by atoms with Crippen LogP contribution in [0.2, 0.25) is 0 Å². The third-order valence-corrected chi connectivity index (χ3v) is 4.75. The van der Waals surface area contributed by atoms with Crippen molar-refractivity contribution in [3.05, 3.63) is 42.1 Å². The summed E-state index contributed by atoms with van der Waals surface area (Å²) in [6, 6.07) is 9.24. The molecule has 0 aliphatic heterocycles. The van der Waals surface area contributed by atoms with Gasteiger partial charge in [-0.1, -0.05) is 31.5 Å². The van der Waals surface area contributed by atoms with Gasteiger partial charge in [-0.2, -0.15) is 0 Å². The first-order valence-corrected chi connectivity index (χ1v) is 9.09. The zero-order valence-corrected chi connectivity index (χ0v) is 14.9. The van der Waals surface area contributed by atoms with E-state index < -0.39 is 0 Å². The Labute approximate surface area is 148 Å². The fourth-order valence-electron chi connectivity index (χ4n) is 2.96. The van der Waals surface area contributed by atoms with Crippen LogP contribution in [0.5, 0.6) is 0 Å². The molecule has 25 heavy (non-hydrogen) atoms. The molecule has 0 unspecified atom stereocenters. The highest BCUT2D eigenvalue weighted by molar-refractivity contribution is 5.94. The Bertz CT molecular complexity index is 682. The minimum Gasteiger partial charge on any atom is -0.424 e. The van der Waals surface area contributed by atoms with Crippen molar-refractivity contribution in [2.75, 3.05) is 11.9 Å². The van der Waals surface area contributed by atoms with Crippen molar-refractivity contribution in [3.63, 3.8) is 0 Å². The smallest absolute Gasteiger partial charge is 0.241 e. The molecular weight excluding hydrogens is 316 g/mol. The minimum atomic E-state index is -0.279. The molecule has 2 aromatic rings. The zero-order chi connectivity index (χ0) is 17.6. The number of para-hydroxylation sites is 1. The molecule has 1 atom stereocenters. The Morgan fingerprint density at radius 2 is 2.08 bits per heavy atom. The van der Waals surface area contributed by atoms with Gasteiger partial charge in [-0.05, 0) is 44.9 Å². The molecule has 1 N–H and O–H groups in total. The lowest BCUT2D eigenvalue weighted by Crippen LogP contribution is -2.42. The molecule has 1 heterocycles. The van der Waals surface area contributed by atoms with E-state index in [-0.39, 0.29) is 11.9 Å². The number of hydrogen-bond acceptors (Lipinski definition) is 5. The minimum absolute atomic E-state index is 0.0293. The fourth-order valence-corrected chi connectivity index (χ4v) is 2.96. The highest BCUT2D eigenvalue weighted by Crippen LogP contribution is 2.35. The summed E-state index contributed by atoms with van der Waals surface area (Å²) in [5.41, 5.74) is 0.806. The Kier molecular flexibility index (Phi) is 5.81. The van der Waals surface area contributed by atoms with Gasteiger partial charge in [0.05, 0.1) is 12.6 Å². The van der Waals surface area contributed by atoms with Crippen molar-refractivity contribution < 1.29 is 9.21 Å². The number of carbonyl (C=O) groups excluding carboxylic acids is 1. The highest BCUT2D eigenvalue weighted by Gasteiger charge is 2.27. The maximum Gasteiger partial charge on any atom is 0.241 e. The van der Waals surface area contributed by atoms with Gasteiger partial charge in [-0.25, -0.2) is 0 Å². The molecule has 6 nitrogen and oxygen atoms in total. The highest BCUT2D eigenvalue weighted by atomic mass is 16.4. The van der Waals surface area contributed by atoms with Gasteiger partial charge in [-0.3, -0.25) is 9.69 Å². The Morgan fingerprint density at radius 1 is 1.32 bits per heavy atom. The van der Waals surface area contributed by atoms with E-state index in [1.54, 1.807) is 0 Å². The molecule has 1 aliphatic rings. The maximum atomic E-state index is 12.6. The van der Waals surface area contributed by atoms with Gasteiger partial charge in [0, 0.05) is 11.6 Å². The summed E-state index contributed by atoms with van der Waals surface area (Å²) in [6.45, 7) is 5.31. The normalized spacial score (nSPS) is 15.8. The van der Waals surface area contributed by atoms with Crippen molar-refractivity contribution in [3.8, 4) is 0 Å². The van der Waals surface area contributed by atoms with Crippen LogP contribution >= 0.6 is 0 Å². The van der Waals surface area contributed by atoms with E-state index in [2.05, 4.69) is 27.3 Å². The van der Waals surface area contributed by atoms with Crippen LogP contribution in [-0.4, -0.2) is 33.6 Å². The van der Waals surface area contributed by atoms with Gasteiger partial charge in [-0.15, -0.1) is 10.2 Å². The van der Waals surface area contributed by atoms with E-state index in [9.17, 15) is 4.79 Å².